The Morgan fingerprint density at radius 3 is 2.50 bits per heavy atom. The normalized spacial score (nSPS) is 22.1. The summed E-state index contributed by atoms with van der Waals surface area (Å²) >= 11 is 8.48. The predicted molar refractivity (Wildman–Crippen MR) is 82.1 cm³/mol. The van der Waals surface area contributed by atoms with E-state index >= 15 is 0 Å². The first-order valence-corrected chi connectivity index (χ1v) is 6.91. The summed E-state index contributed by atoms with van der Waals surface area (Å²) in [5.41, 5.74) is 12.3. The van der Waals surface area contributed by atoms with Gasteiger partial charge in [0.05, 0.1) is 16.6 Å². The lowest BCUT2D eigenvalue weighted by Gasteiger charge is -2.31. The summed E-state index contributed by atoms with van der Waals surface area (Å²) in [4.78, 5) is 11.9. The van der Waals surface area contributed by atoms with E-state index in [1.165, 1.54) is 0 Å². The molecular formula is C13H11BrN4OS. The average Bonchev–Trinajstić information content (AvgIpc) is 2.38. The monoisotopic (exact) mass is 350 g/mol. The number of carbonyl (C=O) groups excluding carboxylic acids is 1. The quantitative estimate of drug-likeness (QED) is 0.696. The number of allylic oxidation sites excluding steroid dienone is 1. The standard InChI is InChI=1S/C13H11BrN4OS/c14-7-3-1-6(2-4-7)9-8(5-15)11(16)18-13(20)10(9)12(17)19/h1-4,9-10H,16H2,(H2,17,19)(H,18,20)/t9-,10+/m0/s1. The van der Waals surface area contributed by atoms with Crippen molar-refractivity contribution in [2.75, 3.05) is 0 Å². The predicted octanol–water partition coefficient (Wildman–Crippen LogP) is 1.26. The Labute approximate surface area is 129 Å². The topological polar surface area (TPSA) is 105 Å². The Bertz CT molecular complexity index is 647. The highest BCUT2D eigenvalue weighted by Gasteiger charge is 2.39. The van der Waals surface area contributed by atoms with Gasteiger partial charge < -0.3 is 16.8 Å². The number of primary amides is 1. The second kappa shape index (κ2) is 5.61. The number of hydrogen-bond donors (Lipinski definition) is 3. The third kappa shape index (κ3) is 2.53. The molecule has 0 bridgehead atoms. The van der Waals surface area contributed by atoms with E-state index in [0.717, 1.165) is 10.0 Å². The van der Waals surface area contributed by atoms with Gasteiger partial charge in [-0.1, -0.05) is 40.3 Å². The summed E-state index contributed by atoms with van der Waals surface area (Å²) in [7, 11) is 0. The van der Waals surface area contributed by atoms with Gasteiger partial charge in [0.1, 0.15) is 11.7 Å². The number of nitrogens with zero attached hydrogens (tertiary/aromatic N) is 1. The van der Waals surface area contributed by atoms with Crippen molar-refractivity contribution < 1.29 is 4.79 Å². The van der Waals surface area contributed by atoms with Crippen LogP contribution in [0.3, 0.4) is 0 Å². The molecule has 7 heteroatoms. The summed E-state index contributed by atoms with van der Waals surface area (Å²) in [5, 5.41) is 12.0. The Kier molecular flexibility index (Phi) is 4.06. The molecule has 1 aliphatic rings. The Hall–Kier alpha value is -1.91. The zero-order valence-electron chi connectivity index (χ0n) is 10.3. The molecular weight excluding hydrogens is 340 g/mol. The zero-order valence-corrected chi connectivity index (χ0v) is 12.7. The van der Waals surface area contributed by atoms with Gasteiger partial charge in [-0.05, 0) is 17.7 Å². The van der Waals surface area contributed by atoms with Crippen LogP contribution < -0.4 is 16.8 Å². The number of nitrogens with one attached hydrogen (secondary N) is 1. The van der Waals surface area contributed by atoms with Crippen molar-refractivity contribution in [3.05, 3.63) is 45.7 Å². The first-order chi connectivity index (χ1) is 9.45. The third-order valence-corrected chi connectivity index (χ3v) is 4.02. The van der Waals surface area contributed by atoms with Crippen LogP contribution in [0, 0.1) is 17.2 Å². The van der Waals surface area contributed by atoms with Gasteiger partial charge in [0.2, 0.25) is 5.91 Å². The van der Waals surface area contributed by atoms with Gasteiger partial charge in [-0.2, -0.15) is 5.26 Å². The summed E-state index contributed by atoms with van der Waals surface area (Å²) in [6.45, 7) is 0. The molecule has 1 heterocycles. The maximum Gasteiger partial charge on any atom is 0.228 e. The van der Waals surface area contributed by atoms with Crippen LogP contribution in [0.1, 0.15) is 11.5 Å². The molecule has 102 valence electrons. The van der Waals surface area contributed by atoms with E-state index in [9.17, 15) is 10.1 Å². The number of halogens is 1. The first-order valence-electron chi connectivity index (χ1n) is 5.71. The van der Waals surface area contributed by atoms with Gasteiger partial charge >= 0.3 is 0 Å². The maximum atomic E-state index is 11.7. The van der Waals surface area contributed by atoms with E-state index < -0.39 is 17.7 Å². The molecule has 1 aliphatic heterocycles. The SMILES string of the molecule is N#CC1=C(N)NC(=S)[C@@H](C(N)=O)[C@H]1c1ccc(Br)cc1. The zero-order chi connectivity index (χ0) is 14.9. The molecule has 1 aromatic carbocycles. The van der Waals surface area contributed by atoms with Gasteiger partial charge in [-0.15, -0.1) is 0 Å². The number of hydrogen-bond acceptors (Lipinski definition) is 4. The smallest absolute Gasteiger partial charge is 0.228 e. The first kappa shape index (κ1) is 14.5. The molecule has 0 saturated carbocycles. The highest BCUT2D eigenvalue weighted by molar-refractivity contribution is 9.10. The number of nitrogens with two attached hydrogens (primary N) is 2. The molecule has 20 heavy (non-hydrogen) atoms. The Balaban J connectivity index is 2.60. The van der Waals surface area contributed by atoms with Gasteiger partial charge in [0.25, 0.3) is 0 Å². The van der Waals surface area contributed by atoms with Crippen LogP contribution in [-0.4, -0.2) is 10.9 Å². The molecule has 5 nitrogen and oxygen atoms in total. The van der Waals surface area contributed by atoms with Crippen LogP contribution in [-0.2, 0) is 4.79 Å². The lowest BCUT2D eigenvalue weighted by Crippen LogP contribution is -2.47. The molecule has 2 atom stereocenters. The van der Waals surface area contributed by atoms with E-state index in [0.29, 0.717) is 0 Å². The molecule has 2 rings (SSSR count). The fourth-order valence-electron chi connectivity index (χ4n) is 2.22. The Morgan fingerprint density at radius 1 is 1.40 bits per heavy atom. The molecule has 1 aromatic rings. The molecule has 0 aliphatic carbocycles. The molecule has 0 spiro atoms. The van der Waals surface area contributed by atoms with E-state index in [1.807, 2.05) is 30.3 Å². The molecule has 0 saturated heterocycles. The minimum absolute atomic E-state index is 0.169. The number of amides is 1. The summed E-state index contributed by atoms with van der Waals surface area (Å²) in [5.74, 6) is -1.76. The van der Waals surface area contributed by atoms with E-state index in [-0.39, 0.29) is 16.4 Å². The van der Waals surface area contributed by atoms with E-state index in [1.54, 1.807) is 0 Å². The fourth-order valence-corrected chi connectivity index (χ4v) is 2.84. The van der Waals surface area contributed by atoms with Crippen molar-refractivity contribution >= 4 is 39.0 Å². The number of carbonyl (C=O) groups is 1. The molecule has 5 N–H and O–H groups in total. The number of nitriles is 1. The summed E-state index contributed by atoms with van der Waals surface area (Å²) in [6, 6.07) is 9.30. The average molecular weight is 351 g/mol. The lowest BCUT2D eigenvalue weighted by molar-refractivity contribution is -0.120. The van der Waals surface area contributed by atoms with Crippen molar-refractivity contribution in [1.82, 2.24) is 5.32 Å². The van der Waals surface area contributed by atoms with Crippen LogP contribution in [0.5, 0.6) is 0 Å². The van der Waals surface area contributed by atoms with Crippen molar-refractivity contribution in [2.45, 2.75) is 5.92 Å². The van der Waals surface area contributed by atoms with Crippen LogP contribution in [0.25, 0.3) is 0 Å². The second-order valence-electron chi connectivity index (χ2n) is 4.34. The van der Waals surface area contributed by atoms with Crippen LogP contribution in [0.15, 0.2) is 40.1 Å². The number of benzene rings is 1. The van der Waals surface area contributed by atoms with Crippen molar-refractivity contribution in [3.63, 3.8) is 0 Å². The molecule has 0 aromatic heterocycles. The second-order valence-corrected chi connectivity index (χ2v) is 5.69. The maximum absolute atomic E-state index is 11.7. The summed E-state index contributed by atoms with van der Waals surface area (Å²) in [6.07, 6.45) is 0. The number of rotatable bonds is 2. The summed E-state index contributed by atoms with van der Waals surface area (Å²) < 4.78 is 0.892. The van der Waals surface area contributed by atoms with Crippen LogP contribution in [0.2, 0.25) is 0 Å². The van der Waals surface area contributed by atoms with Crippen molar-refractivity contribution in [3.8, 4) is 6.07 Å². The third-order valence-electron chi connectivity index (χ3n) is 3.13. The number of thiocarbonyl (C=S) groups is 1. The molecule has 0 unspecified atom stereocenters. The largest absolute Gasteiger partial charge is 0.384 e. The van der Waals surface area contributed by atoms with Gasteiger partial charge in [-0.25, -0.2) is 0 Å². The fraction of sp³-hybridized carbons (Fsp3) is 0.154. The molecule has 0 fully saturated rings. The Morgan fingerprint density at radius 2 is 2.00 bits per heavy atom. The highest BCUT2D eigenvalue weighted by atomic mass is 79.9. The molecule has 0 radical (unpaired) electrons. The van der Waals surface area contributed by atoms with E-state index in [4.69, 9.17) is 23.7 Å². The minimum atomic E-state index is -0.784. The molecule has 1 amide bonds. The van der Waals surface area contributed by atoms with Gasteiger partial charge in [-0.3, -0.25) is 4.79 Å². The van der Waals surface area contributed by atoms with Crippen LogP contribution in [0.4, 0.5) is 0 Å². The van der Waals surface area contributed by atoms with Crippen LogP contribution >= 0.6 is 28.1 Å². The van der Waals surface area contributed by atoms with Crippen molar-refractivity contribution in [1.29, 1.82) is 5.26 Å². The minimum Gasteiger partial charge on any atom is -0.384 e. The van der Waals surface area contributed by atoms with Gasteiger partial charge in [0, 0.05) is 10.4 Å². The highest BCUT2D eigenvalue weighted by Crippen LogP contribution is 2.36. The van der Waals surface area contributed by atoms with Crippen molar-refractivity contribution in [2.24, 2.45) is 17.4 Å². The van der Waals surface area contributed by atoms with Gasteiger partial charge in [0.15, 0.2) is 0 Å². The van der Waals surface area contributed by atoms with E-state index in [2.05, 4.69) is 21.2 Å². The lowest BCUT2D eigenvalue weighted by atomic mass is 9.78.